The molecular formula is C19H26N4O3. The first-order valence-corrected chi connectivity index (χ1v) is 9.56. The monoisotopic (exact) mass is 358 g/mol. The summed E-state index contributed by atoms with van der Waals surface area (Å²) in [6.07, 6.45) is 5.03. The average molecular weight is 358 g/mol. The topological polar surface area (TPSA) is 79.4 Å². The van der Waals surface area contributed by atoms with Crippen molar-refractivity contribution in [3.8, 4) is 0 Å². The maximum absolute atomic E-state index is 12.4. The third-order valence-electron chi connectivity index (χ3n) is 5.50. The zero-order chi connectivity index (χ0) is 17.9. The molecule has 1 unspecified atom stereocenters. The summed E-state index contributed by atoms with van der Waals surface area (Å²) < 4.78 is 7.51. The van der Waals surface area contributed by atoms with Crippen molar-refractivity contribution in [1.82, 2.24) is 19.8 Å². The Hall–Kier alpha value is -2.28. The highest BCUT2D eigenvalue weighted by Crippen LogP contribution is 2.24. The number of aromatic amines is 1. The summed E-state index contributed by atoms with van der Waals surface area (Å²) in [5, 5.41) is 3.00. The van der Waals surface area contributed by atoms with E-state index in [0.717, 1.165) is 43.3 Å². The molecule has 2 N–H and O–H groups in total. The Morgan fingerprint density at radius 3 is 2.77 bits per heavy atom. The van der Waals surface area contributed by atoms with E-state index in [1.165, 1.54) is 6.42 Å². The van der Waals surface area contributed by atoms with Crippen LogP contribution in [0.4, 0.5) is 4.79 Å². The molecule has 2 fully saturated rings. The average Bonchev–Trinajstić information content (AvgIpc) is 3.03. The van der Waals surface area contributed by atoms with Gasteiger partial charge in [-0.05, 0) is 44.2 Å². The molecule has 26 heavy (non-hydrogen) atoms. The largest absolute Gasteiger partial charge is 0.376 e. The molecule has 7 heteroatoms. The molecule has 0 aliphatic carbocycles. The zero-order valence-corrected chi connectivity index (χ0v) is 14.9. The number of urea groups is 1. The van der Waals surface area contributed by atoms with E-state index in [9.17, 15) is 9.59 Å². The van der Waals surface area contributed by atoms with Crippen molar-refractivity contribution < 1.29 is 9.53 Å². The Bertz CT molecular complexity index is 814. The number of rotatable bonds is 3. The lowest BCUT2D eigenvalue weighted by Crippen LogP contribution is -2.47. The second-order valence-electron chi connectivity index (χ2n) is 7.21. The van der Waals surface area contributed by atoms with Crippen molar-refractivity contribution >= 4 is 17.1 Å². The lowest BCUT2D eigenvalue weighted by molar-refractivity contribution is 0.0175. The standard InChI is InChI=1S/C19H26N4O3/c24-18(20-13-15-5-3-4-12-26-15)22-10-8-14(9-11-22)23-17-7-2-1-6-16(17)21-19(23)25/h1-2,6-7,14-15H,3-5,8-13H2,(H,20,24)(H,21,25). The zero-order valence-electron chi connectivity index (χ0n) is 14.9. The minimum atomic E-state index is -0.0662. The van der Waals surface area contributed by atoms with Gasteiger partial charge in [0.25, 0.3) is 0 Å². The number of aromatic nitrogens is 2. The van der Waals surface area contributed by atoms with Gasteiger partial charge in [-0.15, -0.1) is 0 Å². The lowest BCUT2D eigenvalue weighted by atomic mass is 10.0. The smallest absolute Gasteiger partial charge is 0.326 e. The van der Waals surface area contributed by atoms with Gasteiger partial charge in [-0.1, -0.05) is 12.1 Å². The number of H-pyrrole nitrogens is 1. The minimum absolute atomic E-state index is 0.0242. The Morgan fingerprint density at radius 2 is 2.00 bits per heavy atom. The number of nitrogens with zero attached hydrogens (tertiary/aromatic N) is 2. The minimum Gasteiger partial charge on any atom is -0.376 e. The van der Waals surface area contributed by atoms with Gasteiger partial charge in [-0.2, -0.15) is 0 Å². The van der Waals surface area contributed by atoms with Crippen LogP contribution in [0.1, 0.15) is 38.1 Å². The van der Waals surface area contributed by atoms with Gasteiger partial charge in [-0.25, -0.2) is 9.59 Å². The number of amides is 2. The number of hydrogen-bond donors (Lipinski definition) is 2. The molecule has 2 saturated heterocycles. The van der Waals surface area contributed by atoms with Crippen LogP contribution in [-0.2, 0) is 4.74 Å². The van der Waals surface area contributed by atoms with E-state index in [0.29, 0.717) is 19.6 Å². The number of likely N-dealkylation sites (tertiary alicyclic amines) is 1. The number of benzene rings is 1. The summed E-state index contributed by atoms with van der Waals surface area (Å²) in [5.74, 6) is 0. The SMILES string of the molecule is O=C(NCC1CCCCO1)N1CCC(n2c(=O)[nH]c3ccccc32)CC1. The summed E-state index contributed by atoms with van der Waals surface area (Å²) >= 11 is 0. The molecule has 7 nitrogen and oxygen atoms in total. The third kappa shape index (κ3) is 3.49. The predicted molar refractivity (Wildman–Crippen MR) is 99.4 cm³/mol. The Morgan fingerprint density at radius 1 is 1.19 bits per heavy atom. The van der Waals surface area contributed by atoms with Crippen LogP contribution in [-0.4, -0.2) is 52.8 Å². The normalized spacial score (nSPS) is 21.8. The van der Waals surface area contributed by atoms with Crippen molar-refractivity contribution in [3.05, 3.63) is 34.7 Å². The molecule has 1 aromatic carbocycles. The summed E-state index contributed by atoms with van der Waals surface area (Å²) in [6.45, 7) is 2.70. The third-order valence-corrected chi connectivity index (χ3v) is 5.50. The highest BCUT2D eigenvalue weighted by atomic mass is 16.5. The molecule has 2 aliphatic heterocycles. The van der Waals surface area contributed by atoms with E-state index in [2.05, 4.69) is 10.3 Å². The van der Waals surface area contributed by atoms with E-state index in [4.69, 9.17) is 4.74 Å². The van der Waals surface area contributed by atoms with E-state index >= 15 is 0 Å². The van der Waals surface area contributed by atoms with Crippen molar-refractivity contribution in [2.75, 3.05) is 26.2 Å². The fourth-order valence-electron chi connectivity index (χ4n) is 4.05. The molecule has 3 heterocycles. The van der Waals surface area contributed by atoms with Gasteiger partial charge in [0, 0.05) is 32.3 Å². The van der Waals surface area contributed by atoms with Gasteiger partial charge in [0.1, 0.15) is 0 Å². The van der Waals surface area contributed by atoms with Crippen LogP contribution < -0.4 is 11.0 Å². The van der Waals surface area contributed by atoms with E-state index < -0.39 is 0 Å². The molecule has 0 spiro atoms. The number of nitrogens with one attached hydrogen (secondary N) is 2. The summed E-state index contributed by atoms with van der Waals surface area (Å²) in [7, 11) is 0. The van der Waals surface area contributed by atoms with Gasteiger partial charge >= 0.3 is 11.7 Å². The van der Waals surface area contributed by atoms with Crippen molar-refractivity contribution in [2.45, 2.75) is 44.2 Å². The first kappa shape index (κ1) is 17.1. The van der Waals surface area contributed by atoms with Crippen LogP contribution in [0.15, 0.2) is 29.1 Å². The molecule has 1 aromatic heterocycles. The van der Waals surface area contributed by atoms with Gasteiger partial charge in [0.2, 0.25) is 0 Å². The number of fused-ring (bicyclic) bond motifs is 1. The number of carbonyl (C=O) groups excluding carboxylic acids is 1. The maximum atomic E-state index is 12.4. The Labute approximate surface area is 152 Å². The summed E-state index contributed by atoms with van der Waals surface area (Å²) in [6, 6.07) is 7.86. The molecule has 1 atom stereocenters. The second kappa shape index (κ2) is 7.53. The highest BCUT2D eigenvalue weighted by molar-refractivity contribution is 5.75. The summed E-state index contributed by atoms with van der Waals surface area (Å²) in [5.41, 5.74) is 1.74. The quantitative estimate of drug-likeness (QED) is 0.883. The Kier molecular flexibility index (Phi) is 4.97. The van der Waals surface area contributed by atoms with Gasteiger partial charge in [-0.3, -0.25) is 4.57 Å². The van der Waals surface area contributed by atoms with Crippen molar-refractivity contribution in [3.63, 3.8) is 0 Å². The molecule has 2 amide bonds. The molecule has 2 aliphatic rings. The Balaban J connectivity index is 1.34. The van der Waals surface area contributed by atoms with Crippen molar-refractivity contribution in [2.24, 2.45) is 0 Å². The van der Waals surface area contributed by atoms with E-state index in [1.54, 1.807) is 0 Å². The van der Waals surface area contributed by atoms with Crippen LogP contribution >= 0.6 is 0 Å². The molecule has 0 radical (unpaired) electrons. The summed E-state index contributed by atoms with van der Waals surface area (Å²) in [4.78, 5) is 29.5. The molecule has 140 valence electrons. The van der Waals surface area contributed by atoms with E-state index in [1.807, 2.05) is 33.7 Å². The lowest BCUT2D eigenvalue weighted by Gasteiger charge is -2.33. The highest BCUT2D eigenvalue weighted by Gasteiger charge is 2.26. The molecular weight excluding hydrogens is 332 g/mol. The first-order chi connectivity index (χ1) is 12.7. The van der Waals surface area contributed by atoms with Gasteiger partial charge in [0.15, 0.2) is 0 Å². The van der Waals surface area contributed by atoms with Crippen LogP contribution in [0, 0.1) is 0 Å². The second-order valence-corrected chi connectivity index (χ2v) is 7.21. The van der Waals surface area contributed by atoms with Gasteiger partial charge in [0.05, 0.1) is 17.1 Å². The fourth-order valence-corrected chi connectivity index (χ4v) is 4.05. The number of carbonyl (C=O) groups is 1. The fraction of sp³-hybridized carbons (Fsp3) is 0.579. The molecule has 0 bridgehead atoms. The van der Waals surface area contributed by atoms with Crippen LogP contribution in [0.5, 0.6) is 0 Å². The van der Waals surface area contributed by atoms with Crippen LogP contribution in [0.3, 0.4) is 0 Å². The molecule has 0 saturated carbocycles. The molecule has 2 aromatic rings. The van der Waals surface area contributed by atoms with Gasteiger partial charge < -0.3 is 19.9 Å². The van der Waals surface area contributed by atoms with Crippen LogP contribution in [0.25, 0.3) is 11.0 Å². The maximum Gasteiger partial charge on any atom is 0.326 e. The molecule has 4 rings (SSSR count). The van der Waals surface area contributed by atoms with E-state index in [-0.39, 0.29) is 23.9 Å². The number of ether oxygens (including phenoxy) is 1. The predicted octanol–water partition coefficient (Wildman–Crippen LogP) is 2.25. The number of hydrogen-bond acceptors (Lipinski definition) is 3. The van der Waals surface area contributed by atoms with Crippen LogP contribution in [0.2, 0.25) is 0 Å². The number of imidazole rings is 1. The first-order valence-electron chi connectivity index (χ1n) is 9.56. The van der Waals surface area contributed by atoms with Crippen molar-refractivity contribution in [1.29, 1.82) is 0 Å². The number of piperidine rings is 1. The number of para-hydroxylation sites is 2.